The zero-order valence-corrected chi connectivity index (χ0v) is 25.7. The van der Waals surface area contributed by atoms with Gasteiger partial charge in [0.05, 0.1) is 38.6 Å². The van der Waals surface area contributed by atoms with Crippen molar-refractivity contribution in [1.29, 1.82) is 0 Å². The summed E-state index contributed by atoms with van der Waals surface area (Å²) in [4.78, 5) is 54.9. The molecule has 1 fully saturated rings. The van der Waals surface area contributed by atoms with Crippen LogP contribution in [0.2, 0.25) is 0 Å². The fourth-order valence-electron chi connectivity index (χ4n) is 4.58. The van der Waals surface area contributed by atoms with Crippen molar-refractivity contribution in [2.24, 2.45) is 11.5 Å². The molecule has 1 unspecified atom stereocenters. The Kier molecular flexibility index (Phi) is 11.8. The topological polar surface area (TPSA) is 172 Å². The number of imidazole rings is 1. The first-order chi connectivity index (χ1) is 20.9. The molecule has 2 heterocycles. The molecule has 1 aromatic heterocycles. The first-order valence-corrected chi connectivity index (χ1v) is 14.4. The van der Waals surface area contributed by atoms with Gasteiger partial charge >= 0.3 is 5.97 Å². The molecule has 3 aromatic rings. The Morgan fingerprint density at radius 3 is 2.23 bits per heavy atom. The van der Waals surface area contributed by atoms with Gasteiger partial charge in [-0.3, -0.25) is 14.4 Å². The van der Waals surface area contributed by atoms with Gasteiger partial charge in [0.15, 0.2) is 5.82 Å². The largest absolute Gasteiger partial charge is 0.467 e. The molecular formula is C32H42N6O6. The summed E-state index contributed by atoms with van der Waals surface area (Å²) in [6, 6.07) is 18.4. The molecule has 12 heteroatoms. The predicted molar refractivity (Wildman–Crippen MR) is 165 cm³/mol. The average Bonchev–Trinajstić information content (AvgIpc) is 3.69. The van der Waals surface area contributed by atoms with E-state index in [1.54, 1.807) is 36.4 Å². The SMILES string of the molecule is CC(C)(N)C(N)=O.COC(=O)[C@@H]1CCCN1C(=O)C(C)(c1ccccc1)n1cnc(NC(=O)CCOCc2ccccc2)c1. The molecule has 0 bridgehead atoms. The number of esters is 1. The molecular weight excluding hydrogens is 564 g/mol. The van der Waals surface area contributed by atoms with Crippen LogP contribution in [-0.2, 0) is 40.8 Å². The van der Waals surface area contributed by atoms with Crippen LogP contribution >= 0.6 is 0 Å². The average molecular weight is 607 g/mol. The normalized spacial score (nSPS) is 15.8. The van der Waals surface area contributed by atoms with Gasteiger partial charge in [0.25, 0.3) is 5.91 Å². The highest BCUT2D eigenvalue weighted by Crippen LogP contribution is 2.33. The van der Waals surface area contributed by atoms with Crippen LogP contribution in [0.5, 0.6) is 0 Å². The van der Waals surface area contributed by atoms with Gasteiger partial charge < -0.3 is 35.7 Å². The number of nitrogens with zero attached hydrogens (tertiary/aromatic N) is 3. The maximum atomic E-state index is 14.0. The summed E-state index contributed by atoms with van der Waals surface area (Å²) in [7, 11) is 1.33. The van der Waals surface area contributed by atoms with Gasteiger partial charge in [0, 0.05) is 12.7 Å². The maximum absolute atomic E-state index is 14.0. The fraction of sp³-hybridized carbons (Fsp3) is 0.406. The number of likely N-dealkylation sites (tertiary alicyclic amines) is 1. The van der Waals surface area contributed by atoms with Gasteiger partial charge in [0.1, 0.15) is 11.6 Å². The van der Waals surface area contributed by atoms with Crippen molar-refractivity contribution >= 4 is 29.5 Å². The van der Waals surface area contributed by atoms with Crippen molar-refractivity contribution in [3.63, 3.8) is 0 Å². The van der Waals surface area contributed by atoms with E-state index in [9.17, 15) is 19.2 Å². The number of nitrogens with two attached hydrogens (primary N) is 2. The number of primary amides is 1. The van der Waals surface area contributed by atoms with Gasteiger partial charge in [-0.05, 0) is 44.7 Å². The second kappa shape index (κ2) is 15.3. The number of benzene rings is 2. The highest BCUT2D eigenvalue weighted by Gasteiger charge is 2.45. The number of hydrogen-bond acceptors (Lipinski definition) is 8. The van der Waals surface area contributed by atoms with E-state index in [0.717, 1.165) is 11.1 Å². The number of carbonyl (C=O) groups excluding carboxylic acids is 4. The van der Waals surface area contributed by atoms with Crippen LogP contribution in [0.15, 0.2) is 73.2 Å². The minimum atomic E-state index is -1.19. The lowest BCUT2D eigenvalue weighted by atomic mass is 9.89. The van der Waals surface area contributed by atoms with Gasteiger partial charge in [-0.15, -0.1) is 0 Å². The lowest BCUT2D eigenvalue weighted by molar-refractivity contribution is -0.153. The van der Waals surface area contributed by atoms with Crippen molar-refractivity contribution in [2.45, 2.75) is 63.8 Å². The summed E-state index contributed by atoms with van der Waals surface area (Å²) in [5, 5.41) is 2.78. The Morgan fingerprint density at radius 1 is 1.02 bits per heavy atom. The van der Waals surface area contributed by atoms with Gasteiger partial charge in [-0.25, -0.2) is 9.78 Å². The Labute approximate surface area is 257 Å². The van der Waals surface area contributed by atoms with Crippen LogP contribution in [0.3, 0.4) is 0 Å². The minimum Gasteiger partial charge on any atom is -0.467 e. The summed E-state index contributed by atoms with van der Waals surface area (Å²) in [5.74, 6) is -1.05. The first kappa shape index (κ1) is 33.9. The molecule has 236 valence electrons. The molecule has 1 aliphatic rings. The number of rotatable bonds is 11. The quantitative estimate of drug-likeness (QED) is 0.221. The Morgan fingerprint density at radius 2 is 1.64 bits per heavy atom. The molecule has 2 atom stereocenters. The van der Waals surface area contributed by atoms with E-state index in [0.29, 0.717) is 31.8 Å². The van der Waals surface area contributed by atoms with E-state index >= 15 is 0 Å². The molecule has 12 nitrogen and oxygen atoms in total. The standard InChI is InChI=1S/C28H32N4O5.C4H10N2O/c1-28(22-12-7-4-8-13-22,27(35)32-16-9-14-23(32)26(34)36-2)31-18-24(29-20-31)30-25(33)15-17-37-19-21-10-5-3-6-11-21;1-4(2,6)3(5)7/h3-8,10-13,18,20,23H,9,14-17,19H2,1-2H3,(H,30,33);6H2,1-2H3,(H2,5,7)/t23-,28?;/m0./s1. The van der Waals surface area contributed by atoms with Crippen molar-refractivity contribution in [3.8, 4) is 0 Å². The minimum absolute atomic E-state index is 0.170. The Balaban J connectivity index is 0.000000676. The molecule has 0 radical (unpaired) electrons. The third-order valence-corrected chi connectivity index (χ3v) is 7.33. The summed E-state index contributed by atoms with van der Waals surface area (Å²) >= 11 is 0. The van der Waals surface area contributed by atoms with Crippen molar-refractivity contribution in [1.82, 2.24) is 14.5 Å². The van der Waals surface area contributed by atoms with Gasteiger partial charge in [-0.2, -0.15) is 0 Å². The van der Waals surface area contributed by atoms with Gasteiger partial charge in [-0.1, -0.05) is 60.7 Å². The molecule has 2 aromatic carbocycles. The number of ether oxygens (including phenoxy) is 2. The lowest BCUT2D eigenvalue weighted by Gasteiger charge is -2.36. The monoisotopic (exact) mass is 606 g/mol. The third kappa shape index (κ3) is 8.74. The summed E-state index contributed by atoms with van der Waals surface area (Å²) in [6.07, 6.45) is 4.60. The molecule has 4 rings (SSSR count). The number of anilines is 1. The molecule has 0 aliphatic carbocycles. The molecule has 0 spiro atoms. The van der Waals surface area contributed by atoms with E-state index in [-0.39, 0.29) is 24.8 Å². The Hall–Kier alpha value is -4.55. The lowest BCUT2D eigenvalue weighted by Crippen LogP contribution is -2.52. The molecule has 0 saturated carbocycles. The third-order valence-electron chi connectivity index (χ3n) is 7.33. The number of nitrogens with one attached hydrogen (secondary N) is 1. The molecule has 44 heavy (non-hydrogen) atoms. The maximum Gasteiger partial charge on any atom is 0.328 e. The number of hydrogen-bond donors (Lipinski definition) is 3. The van der Waals surface area contributed by atoms with Crippen LogP contribution < -0.4 is 16.8 Å². The first-order valence-electron chi connectivity index (χ1n) is 14.4. The van der Waals surface area contributed by atoms with Crippen molar-refractivity contribution in [3.05, 3.63) is 84.3 Å². The smallest absolute Gasteiger partial charge is 0.328 e. The van der Waals surface area contributed by atoms with Crippen LogP contribution in [0.25, 0.3) is 0 Å². The van der Waals surface area contributed by atoms with E-state index in [1.165, 1.54) is 13.4 Å². The van der Waals surface area contributed by atoms with E-state index < -0.39 is 29.0 Å². The fourth-order valence-corrected chi connectivity index (χ4v) is 4.58. The van der Waals surface area contributed by atoms with Crippen molar-refractivity contribution < 1.29 is 28.7 Å². The second-order valence-corrected chi connectivity index (χ2v) is 11.2. The van der Waals surface area contributed by atoms with E-state index in [1.807, 2.05) is 60.7 Å². The van der Waals surface area contributed by atoms with E-state index in [4.69, 9.17) is 20.9 Å². The van der Waals surface area contributed by atoms with Crippen LogP contribution in [0.1, 0.15) is 51.2 Å². The molecule has 1 aliphatic heterocycles. The van der Waals surface area contributed by atoms with Crippen LogP contribution in [0.4, 0.5) is 5.82 Å². The summed E-state index contributed by atoms with van der Waals surface area (Å²) < 4.78 is 12.2. The summed E-state index contributed by atoms with van der Waals surface area (Å²) in [5.41, 5.74) is 9.74. The predicted octanol–water partition coefficient (Wildman–Crippen LogP) is 2.57. The zero-order valence-electron chi connectivity index (χ0n) is 25.7. The van der Waals surface area contributed by atoms with Crippen molar-refractivity contribution in [2.75, 3.05) is 25.6 Å². The Bertz CT molecular complexity index is 1410. The number of carbonyl (C=O) groups is 4. The van der Waals surface area contributed by atoms with Crippen LogP contribution in [0, 0.1) is 0 Å². The van der Waals surface area contributed by atoms with E-state index in [2.05, 4.69) is 10.3 Å². The van der Waals surface area contributed by atoms with Crippen LogP contribution in [-0.4, -0.2) is 70.0 Å². The molecule has 3 amide bonds. The second-order valence-electron chi connectivity index (χ2n) is 11.2. The number of aromatic nitrogens is 2. The number of methoxy groups -OCH3 is 1. The molecule has 1 saturated heterocycles. The summed E-state index contributed by atoms with van der Waals surface area (Å²) in [6.45, 7) is 6.09. The highest BCUT2D eigenvalue weighted by atomic mass is 16.5. The number of amides is 3. The molecule has 5 N–H and O–H groups in total. The van der Waals surface area contributed by atoms with Gasteiger partial charge in [0.2, 0.25) is 11.8 Å². The zero-order chi connectivity index (χ0) is 32.3. The highest BCUT2D eigenvalue weighted by molar-refractivity contribution is 5.93.